The van der Waals surface area contributed by atoms with Gasteiger partial charge in [0.05, 0.1) is 11.4 Å². The Bertz CT molecular complexity index is 1000. The smallest absolute Gasteiger partial charge is 0.255 e. The standard InChI is InChI=1S/C20H23N3O4S/c1-14-5-6-16(13-19(14)23-11-3-4-12-28(23,26)27)20(25)22-18-9-7-17(8-10-18)21-15(2)24/h5-10,13H,3-4,11-12H2,1-2H3,(H,21,24)(H,22,25). The maximum absolute atomic E-state index is 12.6. The summed E-state index contributed by atoms with van der Waals surface area (Å²) >= 11 is 0. The SMILES string of the molecule is CC(=O)Nc1ccc(NC(=O)c2ccc(C)c(N3CCCCS3(=O)=O)c2)cc1. The van der Waals surface area contributed by atoms with Crippen molar-refractivity contribution in [1.82, 2.24) is 0 Å². The minimum atomic E-state index is -3.35. The number of hydrogen-bond acceptors (Lipinski definition) is 4. The van der Waals surface area contributed by atoms with E-state index in [9.17, 15) is 18.0 Å². The predicted molar refractivity (Wildman–Crippen MR) is 110 cm³/mol. The number of sulfonamides is 1. The van der Waals surface area contributed by atoms with Crippen molar-refractivity contribution in [2.75, 3.05) is 27.2 Å². The molecule has 0 radical (unpaired) electrons. The number of nitrogens with zero attached hydrogens (tertiary/aromatic N) is 1. The van der Waals surface area contributed by atoms with Crippen LogP contribution in [0.3, 0.4) is 0 Å². The molecule has 0 spiro atoms. The van der Waals surface area contributed by atoms with E-state index in [1.54, 1.807) is 42.5 Å². The molecule has 2 aromatic rings. The summed E-state index contributed by atoms with van der Waals surface area (Å²) in [5.74, 6) is -0.372. The first-order valence-electron chi connectivity index (χ1n) is 9.06. The zero-order valence-corrected chi connectivity index (χ0v) is 16.7. The van der Waals surface area contributed by atoms with Crippen molar-refractivity contribution in [1.29, 1.82) is 0 Å². The van der Waals surface area contributed by atoms with Crippen LogP contribution in [0.4, 0.5) is 17.1 Å². The summed E-state index contributed by atoms with van der Waals surface area (Å²) in [7, 11) is -3.35. The Morgan fingerprint density at radius 2 is 1.61 bits per heavy atom. The highest BCUT2D eigenvalue weighted by Crippen LogP contribution is 2.28. The van der Waals surface area contributed by atoms with Gasteiger partial charge < -0.3 is 10.6 Å². The van der Waals surface area contributed by atoms with Crippen LogP contribution in [-0.2, 0) is 14.8 Å². The van der Waals surface area contributed by atoms with Crippen LogP contribution in [0.5, 0.6) is 0 Å². The Labute approximate surface area is 164 Å². The molecule has 148 valence electrons. The molecule has 2 aromatic carbocycles. The molecule has 3 rings (SSSR count). The van der Waals surface area contributed by atoms with Crippen LogP contribution in [-0.4, -0.2) is 32.5 Å². The highest BCUT2D eigenvalue weighted by Gasteiger charge is 2.27. The van der Waals surface area contributed by atoms with Crippen LogP contribution in [0.1, 0.15) is 35.7 Å². The van der Waals surface area contributed by atoms with Crippen LogP contribution in [0.25, 0.3) is 0 Å². The van der Waals surface area contributed by atoms with Gasteiger partial charge >= 0.3 is 0 Å². The highest BCUT2D eigenvalue weighted by molar-refractivity contribution is 7.92. The predicted octanol–water partition coefficient (Wildman–Crippen LogP) is 3.14. The minimum Gasteiger partial charge on any atom is -0.326 e. The van der Waals surface area contributed by atoms with E-state index in [1.807, 2.05) is 6.92 Å². The van der Waals surface area contributed by atoms with E-state index >= 15 is 0 Å². The minimum absolute atomic E-state index is 0.128. The number of nitrogens with one attached hydrogen (secondary N) is 2. The van der Waals surface area contributed by atoms with E-state index in [0.717, 1.165) is 12.0 Å². The Balaban J connectivity index is 1.80. The second-order valence-corrected chi connectivity index (χ2v) is 8.82. The van der Waals surface area contributed by atoms with Gasteiger partial charge in [0.25, 0.3) is 5.91 Å². The van der Waals surface area contributed by atoms with Crippen molar-refractivity contribution >= 4 is 38.9 Å². The second-order valence-electron chi connectivity index (χ2n) is 6.81. The quantitative estimate of drug-likeness (QED) is 0.823. The van der Waals surface area contributed by atoms with Crippen molar-refractivity contribution in [3.8, 4) is 0 Å². The Hall–Kier alpha value is -2.87. The summed E-state index contributed by atoms with van der Waals surface area (Å²) in [6, 6.07) is 11.8. The number of amides is 2. The molecule has 0 saturated carbocycles. The van der Waals surface area contributed by atoms with Gasteiger partial charge in [-0.25, -0.2) is 8.42 Å². The lowest BCUT2D eigenvalue weighted by Gasteiger charge is -2.29. The average molecular weight is 401 g/mol. The molecule has 1 saturated heterocycles. The van der Waals surface area contributed by atoms with Crippen molar-refractivity contribution in [3.63, 3.8) is 0 Å². The molecule has 1 aliphatic heterocycles. The van der Waals surface area contributed by atoms with E-state index < -0.39 is 10.0 Å². The fourth-order valence-corrected chi connectivity index (χ4v) is 4.82. The van der Waals surface area contributed by atoms with Crippen molar-refractivity contribution in [3.05, 3.63) is 53.6 Å². The molecule has 0 atom stereocenters. The third kappa shape index (κ3) is 4.51. The number of anilines is 3. The molecule has 0 aromatic heterocycles. The lowest BCUT2D eigenvalue weighted by atomic mass is 10.1. The van der Waals surface area contributed by atoms with Gasteiger partial charge in [-0.15, -0.1) is 0 Å². The molecule has 1 fully saturated rings. The van der Waals surface area contributed by atoms with E-state index in [1.165, 1.54) is 11.2 Å². The molecule has 2 N–H and O–H groups in total. The van der Waals surface area contributed by atoms with Crippen LogP contribution in [0.15, 0.2) is 42.5 Å². The van der Waals surface area contributed by atoms with Crippen molar-refractivity contribution in [2.24, 2.45) is 0 Å². The summed E-state index contributed by atoms with van der Waals surface area (Å²) in [4.78, 5) is 23.7. The molecule has 1 heterocycles. The van der Waals surface area contributed by atoms with Crippen LogP contribution >= 0.6 is 0 Å². The molecular formula is C20H23N3O4S. The number of carbonyl (C=O) groups excluding carboxylic acids is 2. The number of carbonyl (C=O) groups is 2. The molecule has 0 aliphatic carbocycles. The fraction of sp³-hybridized carbons (Fsp3) is 0.300. The third-order valence-electron chi connectivity index (χ3n) is 4.55. The van der Waals surface area contributed by atoms with Crippen molar-refractivity contribution < 1.29 is 18.0 Å². The third-order valence-corrected chi connectivity index (χ3v) is 6.41. The summed E-state index contributed by atoms with van der Waals surface area (Å²) in [5.41, 5.74) is 2.95. The molecule has 0 bridgehead atoms. The maximum atomic E-state index is 12.6. The van der Waals surface area contributed by atoms with Gasteiger partial charge in [-0.2, -0.15) is 0 Å². The van der Waals surface area contributed by atoms with Gasteiger partial charge in [-0.1, -0.05) is 6.07 Å². The van der Waals surface area contributed by atoms with Gasteiger partial charge in [0, 0.05) is 30.4 Å². The molecule has 1 aliphatic rings. The van der Waals surface area contributed by atoms with Gasteiger partial charge in [-0.3, -0.25) is 13.9 Å². The first-order valence-corrected chi connectivity index (χ1v) is 10.7. The van der Waals surface area contributed by atoms with Crippen LogP contribution < -0.4 is 14.9 Å². The Kier molecular flexibility index (Phi) is 5.69. The van der Waals surface area contributed by atoms with E-state index in [-0.39, 0.29) is 17.6 Å². The molecule has 8 heteroatoms. The zero-order chi connectivity index (χ0) is 20.3. The van der Waals surface area contributed by atoms with Gasteiger partial charge in [0.15, 0.2) is 0 Å². The molecule has 28 heavy (non-hydrogen) atoms. The number of benzene rings is 2. The van der Waals surface area contributed by atoms with Crippen LogP contribution in [0.2, 0.25) is 0 Å². The summed E-state index contributed by atoms with van der Waals surface area (Å²) < 4.78 is 26.2. The highest BCUT2D eigenvalue weighted by atomic mass is 32.2. The van der Waals surface area contributed by atoms with Gasteiger partial charge in [-0.05, 0) is 61.7 Å². The number of aryl methyl sites for hydroxylation is 1. The largest absolute Gasteiger partial charge is 0.326 e. The summed E-state index contributed by atoms with van der Waals surface area (Å²) in [6.07, 6.45) is 1.46. The Morgan fingerprint density at radius 1 is 0.964 bits per heavy atom. The van der Waals surface area contributed by atoms with E-state index in [4.69, 9.17) is 0 Å². The topological polar surface area (TPSA) is 95.6 Å². The van der Waals surface area contributed by atoms with Crippen molar-refractivity contribution in [2.45, 2.75) is 26.7 Å². The van der Waals surface area contributed by atoms with Gasteiger partial charge in [0.2, 0.25) is 15.9 Å². The maximum Gasteiger partial charge on any atom is 0.255 e. The van der Waals surface area contributed by atoms with Crippen LogP contribution in [0, 0.1) is 6.92 Å². The summed E-state index contributed by atoms with van der Waals surface area (Å²) in [6.45, 7) is 3.69. The molecule has 2 amide bonds. The number of rotatable bonds is 4. The first kappa shape index (κ1) is 19.9. The number of hydrogen-bond donors (Lipinski definition) is 2. The summed E-state index contributed by atoms with van der Waals surface area (Å²) in [5, 5.41) is 5.45. The molecule has 0 unspecified atom stereocenters. The monoisotopic (exact) mass is 401 g/mol. The van der Waals surface area contributed by atoms with E-state index in [0.29, 0.717) is 35.6 Å². The average Bonchev–Trinajstić information content (AvgIpc) is 2.63. The normalized spacial score (nSPS) is 15.7. The first-order chi connectivity index (χ1) is 13.3. The Morgan fingerprint density at radius 3 is 2.21 bits per heavy atom. The second kappa shape index (κ2) is 8.02. The zero-order valence-electron chi connectivity index (χ0n) is 15.9. The lowest BCUT2D eigenvalue weighted by Crippen LogP contribution is -2.38. The molecular weight excluding hydrogens is 378 g/mol. The van der Waals surface area contributed by atoms with Gasteiger partial charge in [0.1, 0.15) is 0 Å². The fourth-order valence-electron chi connectivity index (χ4n) is 3.12. The lowest BCUT2D eigenvalue weighted by molar-refractivity contribution is -0.114. The molecule has 7 nitrogen and oxygen atoms in total. The van der Waals surface area contributed by atoms with E-state index in [2.05, 4.69) is 10.6 Å².